The second-order valence-corrected chi connectivity index (χ2v) is 8.62. The van der Waals surface area contributed by atoms with Gasteiger partial charge in [-0.2, -0.15) is 0 Å². The predicted molar refractivity (Wildman–Crippen MR) is 91.2 cm³/mol. The lowest BCUT2D eigenvalue weighted by Crippen LogP contribution is -2.31. The van der Waals surface area contributed by atoms with Crippen molar-refractivity contribution in [1.82, 2.24) is 0 Å². The largest absolute Gasteiger partial charge is 0.371 e. The quantitative estimate of drug-likeness (QED) is 0.683. The minimum atomic E-state index is -0.197. The maximum atomic E-state index is 6.36. The summed E-state index contributed by atoms with van der Waals surface area (Å²) in [7, 11) is 0. The molecule has 0 amide bonds. The van der Waals surface area contributed by atoms with Gasteiger partial charge in [0.15, 0.2) is 0 Å². The molecular formula is C19H27BrO. The van der Waals surface area contributed by atoms with Crippen molar-refractivity contribution in [3.8, 4) is 0 Å². The molecule has 0 radical (unpaired) electrons. The fourth-order valence-electron chi connectivity index (χ4n) is 4.54. The second-order valence-electron chi connectivity index (χ2n) is 7.70. The van der Waals surface area contributed by atoms with Crippen LogP contribution >= 0.6 is 15.9 Å². The molecule has 2 heteroatoms. The van der Waals surface area contributed by atoms with Crippen molar-refractivity contribution in [2.24, 2.45) is 29.6 Å². The van der Waals surface area contributed by atoms with Crippen LogP contribution in [0.3, 0.4) is 0 Å². The van der Waals surface area contributed by atoms with Gasteiger partial charge in [-0.1, -0.05) is 41.9 Å². The molecule has 0 heterocycles. The van der Waals surface area contributed by atoms with Crippen molar-refractivity contribution in [2.45, 2.75) is 46.1 Å². The lowest BCUT2D eigenvalue weighted by atomic mass is 9.76. The molecular weight excluding hydrogens is 324 g/mol. The van der Waals surface area contributed by atoms with Crippen LogP contribution in [0.1, 0.15) is 46.1 Å². The third-order valence-corrected chi connectivity index (χ3v) is 6.76. The number of ether oxygens (including phenoxy) is 1. The highest BCUT2D eigenvalue weighted by Gasteiger charge is 2.48. The molecule has 0 spiro atoms. The number of hydrogen-bond donors (Lipinski definition) is 0. The van der Waals surface area contributed by atoms with Crippen LogP contribution in [-0.4, -0.2) is 6.61 Å². The number of benzene rings is 1. The zero-order valence-electron chi connectivity index (χ0n) is 13.6. The van der Waals surface area contributed by atoms with E-state index < -0.39 is 0 Å². The summed E-state index contributed by atoms with van der Waals surface area (Å²) < 4.78 is 7.48. The average molecular weight is 351 g/mol. The summed E-state index contributed by atoms with van der Waals surface area (Å²) in [5.41, 5.74) is 1.06. The molecule has 1 nitrogen and oxygen atoms in total. The number of rotatable bonds is 4. The molecule has 1 aromatic carbocycles. The van der Waals surface area contributed by atoms with Gasteiger partial charge in [-0.05, 0) is 74.0 Å². The first-order chi connectivity index (χ1) is 9.88. The standard InChI is InChI=1S/C19H27BrO/c1-12-13(2)18-10-14(12)9-15(18)11-21-19(3,4)16-5-7-17(20)8-6-16/h5-8,12-15,18H,9-11H2,1-4H3. The lowest BCUT2D eigenvalue weighted by Gasteiger charge is -2.34. The van der Waals surface area contributed by atoms with Gasteiger partial charge < -0.3 is 4.74 Å². The topological polar surface area (TPSA) is 9.23 Å². The minimum Gasteiger partial charge on any atom is -0.371 e. The molecule has 116 valence electrons. The maximum absolute atomic E-state index is 6.36. The summed E-state index contributed by atoms with van der Waals surface area (Å²) in [6.45, 7) is 10.2. The molecule has 2 aliphatic rings. The van der Waals surface area contributed by atoms with Gasteiger partial charge in [0.25, 0.3) is 0 Å². The summed E-state index contributed by atoms with van der Waals surface area (Å²) >= 11 is 3.50. The number of fused-ring (bicyclic) bond motifs is 2. The Morgan fingerprint density at radius 3 is 2.33 bits per heavy atom. The van der Waals surface area contributed by atoms with E-state index in [1.54, 1.807) is 0 Å². The molecule has 3 rings (SSSR count). The molecule has 2 saturated carbocycles. The monoisotopic (exact) mass is 350 g/mol. The van der Waals surface area contributed by atoms with Crippen molar-refractivity contribution in [1.29, 1.82) is 0 Å². The maximum Gasteiger partial charge on any atom is 0.0875 e. The van der Waals surface area contributed by atoms with Gasteiger partial charge >= 0.3 is 0 Å². The Kier molecular flexibility index (Phi) is 4.22. The molecule has 0 aliphatic heterocycles. The summed E-state index contributed by atoms with van der Waals surface area (Å²) in [6.07, 6.45) is 2.82. The fraction of sp³-hybridized carbons (Fsp3) is 0.684. The zero-order valence-corrected chi connectivity index (χ0v) is 15.2. The van der Waals surface area contributed by atoms with Gasteiger partial charge in [0.2, 0.25) is 0 Å². The Hall–Kier alpha value is -0.340. The molecule has 1 aromatic rings. The molecule has 2 aliphatic carbocycles. The third-order valence-electron chi connectivity index (χ3n) is 6.23. The highest BCUT2D eigenvalue weighted by atomic mass is 79.9. The normalized spacial score (nSPS) is 35.4. The van der Waals surface area contributed by atoms with E-state index in [0.29, 0.717) is 0 Å². The smallest absolute Gasteiger partial charge is 0.0875 e. The molecule has 21 heavy (non-hydrogen) atoms. The molecule has 2 fully saturated rings. The summed E-state index contributed by atoms with van der Waals surface area (Å²) in [4.78, 5) is 0. The van der Waals surface area contributed by atoms with Gasteiger partial charge in [-0.3, -0.25) is 0 Å². The lowest BCUT2D eigenvalue weighted by molar-refractivity contribution is -0.0540. The summed E-state index contributed by atoms with van der Waals surface area (Å²) in [6, 6.07) is 8.52. The van der Waals surface area contributed by atoms with E-state index in [4.69, 9.17) is 4.74 Å². The third kappa shape index (κ3) is 2.94. The van der Waals surface area contributed by atoms with Crippen LogP contribution in [0.25, 0.3) is 0 Å². The fourth-order valence-corrected chi connectivity index (χ4v) is 4.80. The SMILES string of the molecule is CC1C2CC(COC(C)(C)c3ccc(Br)cc3)C(C2)C1C. The first-order valence-electron chi connectivity index (χ1n) is 8.28. The van der Waals surface area contributed by atoms with Crippen LogP contribution in [0.4, 0.5) is 0 Å². The van der Waals surface area contributed by atoms with Gasteiger partial charge in [-0.25, -0.2) is 0 Å². The van der Waals surface area contributed by atoms with Crippen LogP contribution in [0.2, 0.25) is 0 Å². The molecule has 5 atom stereocenters. The summed E-state index contributed by atoms with van der Waals surface area (Å²) in [5.74, 6) is 4.43. The van der Waals surface area contributed by atoms with E-state index in [0.717, 1.165) is 40.7 Å². The van der Waals surface area contributed by atoms with Crippen molar-refractivity contribution in [3.05, 3.63) is 34.3 Å². The van der Waals surface area contributed by atoms with Crippen molar-refractivity contribution >= 4 is 15.9 Å². The first-order valence-corrected chi connectivity index (χ1v) is 9.08. The van der Waals surface area contributed by atoms with Crippen molar-refractivity contribution < 1.29 is 4.74 Å². The summed E-state index contributed by atoms with van der Waals surface area (Å²) in [5, 5.41) is 0. The van der Waals surface area contributed by atoms with Gasteiger partial charge in [-0.15, -0.1) is 0 Å². The van der Waals surface area contributed by atoms with Crippen molar-refractivity contribution in [2.75, 3.05) is 6.61 Å². The Labute approximate surface area is 137 Å². The highest BCUT2D eigenvalue weighted by molar-refractivity contribution is 9.10. The Balaban J connectivity index is 1.61. The molecule has 0 aromatic heterocycles. The van der Waals surface area contributed by atoms with E-state index in [2.05, 4.69) is 67.9 Å². The van der Waals surface area contributed by atoms with E-state index in [1.807, 2.05) is 0 Å². The van der Waals surface area contributed by atoms with E-state index in [1.165, 1.54) is 18.4 Å². The number of hydrogen-bond acceptors (Lipinski definition) is 1. The van der Waals surface area contributed by atoms with Crippen LogP contribution in [-0.2, 0) is 10.3 Å². The van der Waals surface area contributed by atoms with Crippen LogP contribution in [0, 0.1) is 29.6 Å². The van der Waals surface area contributed by atoms with Gasteiger partial charge in [0.05, 0.1) is 12.2 Å². The average Bonchev–Trinajstić information content (AvgIpc) is 2.98. The van der Waals surface area contributed by atoms with Crippen LogP contribution in [0.5, 0.6) is 0 Å². The van der Waals surface area contributed by atoms with Crippen LogP contribution in [0.15, 0.2) is 28.7 Å². The molecule has 0 N–H and O–H groups in total. The van der Waals surface area contributed by atoms with Gasteiger partial charge in [0.1, 0.15) is 0 Å². The Morgan fingerprint density at radius 1 is 1.10 bits per heavy atom. The number of halogens is 1. The van der Waals surface area contributed by atoms with E-state index >= 15 is 0 Å². The molecule has 2 bridgehead atoms. The van der Waals surface area contributed by atoms with E-state index in [9.17, 15) is 0 Å². The second kappa shape index (κ2) is 5.70. The van der Waals surface area contributed by atoms with Gasteiger partial charge in [0, 0.05) is 4.47 Å². The van der Waals surface area contributed by atoms with E-state index in [-0.39, 0.29) is 5.60 Å². The Morgan fingerprint density at radius 2 is 1.76 bits per heavy atom. The minimum absolute atomic E-state index is 0.197. The van der Waals surface area contributed by atoms with Crippen molar-refractivity contribution in [3.63, 3.8) is 0 Å². The Bertz CT molecular complexity index is 491. The predicted octanol–water partition coefficient (Wildman–Crippen LogP) is 5.63. The first kappa shape index (κ1) is 15.6. The molecule has 5 unspecified atom stereocenters. The molecule has 0 saturated heterocycles. The van der Waals surface area contributed by atoms with Crippen LogP contribution < -0.4 is 0 Å². The zero-order chi connectivity index (χ0) is 15.2. The highest BCUT2D eigenvalue weighted by Crippen LogP contribution is 2.55.